The van der Waals surface area contributed by atoms with Crippen molar-refractivity contribution in [2.24, 2.45) is 0 Å². The van der Waals surface area contributed by atoms with Crippen molar-refractivity contribution in [3.63, 3.8) is 0 Å². The number of nitrogens with zero attached hydrogens (tertiary/aromatic N) is 1. The molecule has 0 aromatic heterocycles. The third-order valence-electron chi connectivity index (χ3n) is 3.99. The minimum absolute atomic E-state index is 0.108. The van der Waals surface area contributed by atoms with Crippen LogP contribution in [0.4, 0.5) is 10.1 Å². The van der Waals surface area contributed by atoms with E-state index >= 15 is 0 Å². The summed E-state index contributed by atoms with van der Waals surface area (Å²) in [7, 11) is -3.64. The van der Waals surface area contributed by atoms with E-state index in [4.69, 9.17) is 4.74 Å². The van der Waals surface area contributed by atoms with Crippen LogP contribution in [0.5, 0.6) is 0 Å². The fourth-order valence-electron chi connectivity index (χ4n) is 2.64. The van der Waals surface area contributed by atoms with Crippen molar-refractivity contribution >= 4 is 27.7 Å². The van der Waals surface area contributed by atoms with Crippen LogP contribution in [0.2, 0.25) is 0 Å². The fraction of sp³-hybridized carbons (Fsp3) is 0.211. The molecule has 0 saturated carbocycles. The van der Waals surface area contributed by atoms with Gasteiger partial charge in [0, 0.05) is 24.9 Å². The van der Waals surface area contributed by atoms with Crippen molar-refractivity contribution in [2.75, 3.05) is 31.6 Å². The predicted molar refractivity (Wildman–Crippen MR) is 100 cm³/mol. The summed E-state index contributed by atoms with van der Waals surface area (Å²) in [5, 5.41) is 2.62. The number of benzene rings is 2. The maximum Gasteiger partial charge on any atom is 0.248 e. The van der Waals surface area contributed by atoms with Gasteiger partial charge in [0.2, 0.25) is 15.9 Å². The van der Waals surface area contributed by atoms with Crippen LogP contribution in [-0.2, 0) is 19.6 Å². The summed E-state index contributed by atoms with van der Waals surface area (Å²) >= 11 is 0. The zero-order valence-electron chi connectivity index (χ0n) is 14.5. The fourth-order valence-corrected chi connectivity index (χ4v) is 4.09. The zero-order chi connectivity index (χ0) is 19.3. The van der Waals surface area contributed by atoms with Gasteiger partial charge in [0.1, 0.15) is 5.82 Å². The summed E-state index contributed by atoms with van der Waals surface area (Å²) in [5.41, 5.74) is 0.909. The number of amides is 1. The van der Waals surface area contributed by atoms with Crippen molar-refractivity contribution < 1.29 is 22.3 Å². The van der Waals surface area contributed by atoms with Crippen molar-refractivity contribution in [3.8, 4) is 0 Å². The summed E-state index contributed by atoms with van der Waals surface area (Å²) in [6.07, 6.45) is 2.74. The molecule has 0 unspecified atom stereocenters. The lowest BCUT2D eigenvalue weighted by atomic mass is 10.2. The predicted octanol–water partition coefficient (Wildman–Crippen LogP) is 2.50. The van der Waals surface area contributed by atoms with E-state index in [0.29, 0.717) is 37.6 Å². The molecule has 0 radical (unpaired) electrons. The second-order valence-corrected chi connectivity index (χ2v) is 7.86. The SMILES string of the molecule is O=C(/C=C/c1cccc(F)c1)Nc1cccc(S(=O)(=O)N2CCOCC2)c1. The van der Waals surface area contributed by atoms with Crippen LogP contribution in [-0.4, -0.2) is 44.9 Å². The highest BCUT2D eigenvalue weighted by Gasteiger charge is 2.26. The van der Waals surface area contributed by atoms with Crippen LogP contribution in [0.1, 0.15) is 5.56 Å². The summed E-state index contributed by atoms with van der Waals surface area (Å²) in [4.78, 5) is 12.2. The number of ether oxygens (including phenoxy) is 1. The van der Waals surface area contributed by atoms with Crippen LogP contribution in [0.15, 0.2) is 59.5 Å². The quantitative estimate of drug-likeness (QED) is 0.796. The minimum Gasteiger partial charge on any atom is -0.379 e. The van der Waals surface area contributed by atoms with E-state index in [-0.39, 0.29) is 4.90 Å². The van der Waals surface area contributed by atoms with Gasteiger partial charge >= 0.3 is 0 Å². The van der Waals surface area contributed by atoms with E-state index in [9.17, 15) is 17.6 Å². The number of rotatable bonds is 5. The molecule has 3 rings (SSSR count). The van der Waals surface area contributed by atoms with Gasteiger partial charge in [-0.15, -0.1) is 0 Å². The van der Waals surface area contributed by atoms with Crippen molar-refractivity contribution in [1.82, 2.24) is 4.31 Å². The third-order valence-corrected chi connectivity index (χ3v) is 5.88. The number of carbonyl (C=O) groups excluding carboxylic acids is 1. The monoisotopic (exact) mass is 390 g/mol. The van der Waals surface area contributed by atoms with Crippen LogP contribution in [0.25, 0.3) is 6.08 Å². The molecule has 2 aromatic carbocycles. The Bertz CT molecular complexity index is 954. The molecule has 1 amide bonds. The maximum atomic E-state index is 13.1. The van der Waals surface area contributed by atoms with E-state index in [1.165, 1.54) is 40.7 Å². The highest BCUT2D eigenvalue weighted by atomic mass is 32.2. The molecule has 142 valence electrons. The van der Waals surface area contributed by atoms with Gasteiger partial charge in [-0.3, -0.25) is 4.79 Å². The zero-order valence-corrected chi connectivity index (χ0v) is 15.3. The third kappa shape index (κ3) is 5.00. The Labute approximate surface area is 157 Å². The highest BCUT2D eigenvalue weighted by molar-refractivity contribution is 7.89. The molecule has 0 atom stereocenters. The standard InChI is InChI=1S/C19H19FN2O4S/c20-16-4-1-3-15(13-16)7-8-19(23)21-17-5-2-6-18(14-17)27(24,25)22-9-11-26-12-10-22/h1-8,13-14H,9-12H2,(H,21,23)/b8-7+. The first-order valence-electron chi connectivity index (χ1n) is 8.38. The highest BCUT2D eigenvalue weighted by Crippen LogP contribution is 2.20. The molecule has 8 heteroatoms. The number of carbonyl (C=O) groups is 1. The average Bonchev–Trinajstić information content (AvgIpc) is 2.67. The first-order chi connectivity index (χ1) is 12.9. The molecule has 1 saturated heterocycles. The van der Waals surface area contributed by atoms with Gasteiger partial charge in [-0.1, -0.05) is 18.2 Å². The minimum atomic E-state index is -3.64. The van der Waals surface area contributed by atoms with Gasteiger partial charge in [0.15, 0.2) is 0 Å². The largest absolute Gasteiger partial charge is 0.379 e. The second kappa shape index (κ2) is 8.43. The van der Waals surface area contributed by atoms with Gasteiger partial charge in [-0.2, -0.15) is 4.31 Å². The summed E-state index contributed by atoms with van der Waals surface area (Å²) in [6.45, 7) is 1.33. The molecule has 1 aliphatic rings. The Morgan fingerprint density at radius 2 is 1.85 bits per heavy atom. The van der Waals surface area contributed by atoms with E-state index in [0.717, 1.165) is 0 Å². The number of sulfonamides is 1. The lowest BCUT2D eigenvalue weighted by molar-refractivity contribution is -0.111. The first kappa shape index (κ1) is 19.2. The number of anilines is 1. The molecule has 0 spiro atoms. The van der Waals surface area contributed by atoms with Gasteiger partial charge < -0.3 is 10.1 Å². The maximum absolute atomic E-state index is 13.1. The number of morpholine rings is 1. The molecule has 6 nitrogen and oxygen atoms in total. The molecular formula is C19H19FN2O4S. The number of hydrogen-bond donors (Lipinski definition) is 1. The Balaban J connectivity index is 1.71. The topological polar surface area (TPSA) is 75.7 Å². The van der Waals surface area contributed by atoms with Gasteiger partial charge in [0.05, 0.1) is 18.1 Å². The van der Waals surface area contributed by atoms with Gasteiger partial charge in [-0.25, -0.2) is 12.8 Å². The average molecular weight is 390 g/mol. The van der Waals surface area contributed by atoms with Crippen molar-refractivity contribution in [1.29, 1.82) is 0 Å². The summed E-state index contributed by atoms with van der Waals surface area (Å²) in [5.74, 6) is -0.834. The smallest absolute Gasteiger partial charge is 0.248 e. The molecule has 0 aliphatic carbocycles. The van der Waals surface area contributed by atoms with E-state index in [2.05, 4.69) is 5.32 Å². The Kier molecular flexibility index (Phi) is 6.00. The van der Waals surface area contributed by atoms with E-state index in [1.54, 1.807) is 24.3 Å². The Morgan fingerprint density at radius 3 is 2.59 bits per heavy atom. The molecule has 1 heterocycles. The number of nitrogens with one attached hydrogen (secondary N) is 1. The summed E-state index contributed by atoms with van der Waals surface area (Å²) < 4.78 is 45.0. The molecule has 27 heavy (non-hydrogen) atoms. The molecule has 1 fully saturated rings. The van der Waals surface area contributed by atoms with Gasteiger partial charge in [0.25, 0.3) is 0 Å². The number of halogens is 1. The molecular weight excluding hydrogens is 371 g/mol. The molecule has 0 bridgehead atoms. The number of hydrogen-bond acceptors (Lipinski definition) is 4. The van der Waals surface area contributed by atoms with Gasteiger partial charge in [-0.05, 0) is 42.0 Å². The van der Waals surface area contributed by atoms with Crippen molar-refractivity contribution in [2.45, 2.75) is 4.90 Å². The molecule has 1 N–H and O–H groups in total. The van der Waals surface area contributed by atoms with E-state index < -0.39 is 21.7 Å². The molecule has 1 aliphatic heterocycles. The summed E-state index contributed by atoms with van der Waals surface area (Å²) in [6, 6.07) is 11.9. The molecule has 2 aromatic rings. The Hall–Kier alpha value is -2.55. The Morgan fingerprint density at radius 1 is 1.11 bits per heavy atom. The lowest BCUT2D eigenvalue weighted by Gasteiger charge is -2.26. The lowest BCUT2D eigenvalue weighted by Crippen LogP contribution is -2.40. The first-order valence-corrected chi connectivity index (χ1v) is 9.82. The van der Waals surface area contributed by atoms with Crippen molar-refractivity contribution in [3.05, 3.63) is 66.0 Å². The van der Waals surface area contributed by atoms with Crippen LogP contribution < -0.4 is 5.32 Å². The van der Waals surface area contributed by atoms with Crippen LogP contribution in [0.3, 0.4) is 0 Å². The normalized spacial score (nSPS) is 15.7. The van der Waals surface area contributed by atoms with Crippen LogP contribution >= 0.6 is 0 Å². The van der Waals surface area contributed by atoms with E-state index in [1.807, 2.05) is 0 Å². The van der Waals surface area contributed by atoms with Crippen LogP contribution in [0, 0.1) is 5.82 Å². The second-order valence-electron chi connectivity index (χ2n) is 5.92.